The zero-order chi connectivity index (χ0) is 16.4. The van der Waals surface area contributed by atoms with Crippen molar-refractivity contribution in [3.63, 3.8) is 0 Å². The van der Waals surface area contributed by atoms with Crippen molar-refractivity contribution in [3.05, 3.63) is 65.7 Å². The predicted molar refractivity (Wildman–Crippen MR) is 95.8 cm³/mol. The van der Waals surface area contributed by atoms with Crippen LogP contribution < -0.4 is 4.90 Å². The third kappa shape index (κ3) is 3.03. The lowest BCUT2D eigenvalue weighted by Crippen LogP contribution is -2.26. The molecule has 3 rings (SSSR count). The van der Waals surface area contributed by atoms with Gasteiger partial charge in [-0.25, -0.2) is 0 Å². The van der Waals surface area contributed by atoms with E-state index in [0.717, 1.165) is 24.2 Å². The molecule has 0 radical (unpaired) electrons. The van der Waals surface area contributed by atoms with Gasteiger partial charge >= 0.3 is 0 Å². The van der Waals surface area contributed by atoms with Gasteiger partial charge in [0.05, 0.1) is 5.92 Å². The smallest absolute Gasteiger partial charge is 0.234 e. The highest BCUT2D eigenvalue weighted by Gasteiger charge is 2.40. The van der Waals surface area contributed by atoms with Crippen molar-refractivity contribution in [1.82, 2.24) is 0 Å². The summed E-state index contributed by atoms with van der Waals surface area (Å²) in [6.07, 6.45) is 1.02. The molecule has 23 heavy (non-hydrogen) atoms. The fourth-order valence-corrected chi connectivity index (χ4v) is 3.52. The lowest BCUT2D eigenvalue weighted by Gasteiger charge is -2.18. The van der Waals surface area contributed by atoms with Crippen molar-refractivity contribution in [1.29, 1.82) is 0 Å². The number of benzene rings is 2. The molecule has 1 heterocycles. The molecular weight excluding hydrogens is 282 g/mol. The monoisotopic (exact) mass is 307 g/mol. The summed E-state index contributed by atoms with van der Waals surface area (Å²) in [7, 11) is 0. The Morgan fingerprint density at radius 1 is 1.09 bits per heavy atom. The molecule has 0 spiro atoms. The molecule has 0 N–H and O–H groups in total. The largest absolute Gasteiger partial charge is 0.312 e. The molecule has 0 aliphatic carbocycles. The van der Waals surface area contributed by atoms with Gasteiger partial charge in [0, 0.05) is 12.2 Å². The van der Waals surface area contributed by atoms with Crippen LogP contribution in [-0.2, 0) is 4.79 Å². The van der Waals surface area contributed by atoms with Crippen molar-refractivity contribution >= 4 is 11.6 Å². The van der Waals surface area contributed by atoms with Gasteiger partial charge in [-0.2, -0.15) is 0 Å². The Labute approximate surface area is 139 Å². The summed E-state index contributed by atoms with van der Waals surface area (Å²) >= 11 is 0. The first-order valence-corrected chi connectivity index (χ1v) is 8.58. The first-order valence-electron chi connectivity index (χ1n) is 8.58. The van der Waals surface area contributed by atoms with Gasteiger partial charge in [-0.3, -0.25) is 4.79 Å². The van der Waals surface area contributed by atoms with Gasteiger partial charge < -0.3 is 4.90 Å². The maximum atomic E-state index is 13.1. The summed E-state index contributed by atoms with van der Waals surface area (Å²) in [5, 5.41) is 0. The van der Waals surface area contributed by atoms with E-state index in [1.54, 1.807) is 0 Å². The normalized spacial score (nSPS) is 21.2. The molecule has 2 atom stereocenters. The highest BCUT2D eigenvalue weighted by molar-refractivity contribution is 6.00. The second kappa shape index (κ2) is 6.57. The number of amides is 1. The van der Waals surface area contributed by atoms with E-state index in [1.807, 2.05) is 23.1 Å². The van der Waals surface area contributed by atoms with Crippen LogP contribution in [0.2, 0.25) is 0 Å². The van der Waals surface area contributed by atoms with Crippen LogP contribution in [0.4, 0.5) is 5.69 Å². The SMILES string of the molecule is CCC1CN(c2cccc(C(C)C)c2)C(=O)C1c1ccccc1. The molecule has 1 fully saturated rings. The van der Waals surface area contributed by atoms with E-state index in [1.165, 1.54) is 5.56 Å². The quantitative estimate of drug-likeness (QED) is 0.781. The number of carbonyl (C=O) groups excluding carboxylic acids is 1. The van der Waals surface area contributed by atoms with E-state index in [9.17, 15) is 4.79 Å². The van der Waals surface area contributed by atoms with Crippen molar-refractivity contribution in [2.45, 2.75) is 39.0 Å². The number of rotatable bonds is 4. The average Bonchev–Trinajstić information content (AvgIpc) is 2.92. The zero-order valence-corrected chi connectivity index (χ0v) is 14.2. The summed E-state index contributed by atoms with van der Waals surface area (Å²) < 4.78 is 0. The molecule has 0 aromatic heterocycles. The number of nitrogens with zero attached hydrogens (tertiary/aromatic N) is 1. The maximum absolute atomic E-state index is 13.1. The Bertz CT molecular complexity index is 677. The Morgan fingerprint density at radius 2 is 1.83 bits per heavy atom. The van der Waals surface area contributed by atoms with Crippen LogP contribution in [0.5, 0.6) is 0 Å². The molecule has 1 saturated heterocycles. The third-order valence-corrected chi connectivity index (χ3v) is 4.95. The Kier molecular flexibility index (Phi) is 4.51. The standard InChI is InChI=1S/C21H25NO/c1-4-16-14-22(19-12-8-11-18(13-19)15(2)3)21(23)20(16)17-9-6-5-7-10-17/h5-13,15-16,20H,4,14H2,1-3H3. The van der Waals surface area contributed by atoms with Crippen LogP contribution in [0, 0.1) is 5.92 Å². The molecule has 2 aromatic carbocycles. The lowest BCUT2D eigenvalue weighted by molar-refractivity contribution is -0.118. The first-order chi connectivity index (χ1) is 11.1. The van der Waals surface area contributed by atoms with Gasteiger partial charge in [0.25, 0.3) is 0 Å². The molecular formula is C21H25NO. The Morgan fingerprint density at radius 3 is 2.48 bits per heavy atom. The van der Waals surface area contributed by atoms with Gasteiger partial charge in [-0.1, -0.05) is 69.7 Å². The number of hydrogen-bond donors (Lipinski definition) is 0. The van der Waals surface area contributed by atoms with Gasteiger partial charge in [-0.05, 0) is 35.1 Å². The summed E-state index contributed by atoms with van der Waals surface area (Å²) in [4.78, 5) is 15.1. The van der Waals surface area contributed by atoms with E-state index in [0.29, 0.717) is 11.8 Å². The first kappa shape index (κ1) is 15.8. The van der Waals surface area contributed by atoms with Gasteiger partial charge in [0.15, 0.2) is 0 Å². The fraction of sp³-hybridized carbons (Fsp3) is 0.381. The molecule has 1 aliphatic rings. The van der Waals surface area contributed by atoms with E-state index in [-0.39, 0.29) is 11.8 Å². The second-order valence-corrected chi connectivity index (χ2v) is 6.76. The van der Waals surface area contributed by atoms with Crippen LogP contribution in [0.25, 0.3) is 0 Å². The zero-order valence-electron chi connectivity index (χ0n) is 14.2. The summed E-state index contributed by atoms with van der Waals surface area (Å²) in [5.74, 6) is 1.08. The van der Waals surface area contributed by atoms with Crippen LogP contribution in [0.15, 0.2) is 54.6 Å². The van der Waals surface area contributed by atoms with Gasteiger partial charge in [0.1, 0.15) is 0 Å². The van der Waals surface area contributed by atoms with Crippen LogP contribution >= 0.6 is 0 Å². The molecule has 0 bridgehead atoms. The molecule has 0 saturated carbocycles. The maximum Gasteiger partial charge on any atom is 0.234 e. The summed E-state index contributed by atoms with van der Waals surface area (Å²) in [6.45, 7) is 7.37. The van der Waals surface area contributed by atoms with Crippen molar-refractivity contribution in [2.24, 2.45) is 5.92 Å². The number of carbonyl (C=O) groups is 1. The molecule has 2 heteroatoms. The van der Waals surface area contributed by atoms with Crippen LogP contribution in [0.3, 0.4) is 0 Å². The Hall–Kier alpha value is -2.09. The van der Waals surface area contributed by atoms with E-state index >= 15 is 0 Å². The van der Waals surface area contributed by atoms with E-state index < -0.39 is 0 Å². The lowest BCUT2D eigenvalue weighted by atomic mass is 9.87. The number of anilines is 1. The molecule has 120 valence electrons. The van der Waals surface area contributed by atoms with Crippen LogP contribution in [0.1, 0.15) is 50.2 Å². The number of hydrogen-bond acceptors (Lipinski definition) is 1. The topological polar surface area (TPSA) is 20.3 Å². The summed E-state index contributed by atoms with van der Waals surface area (Å²) in [6, 6.07) is 18.7. The van der Waals surface area contributed by atoms with E-state index in [4.69, 9.17) is 0 Å². The minimum Gasteiger partial charge on any atom is -0.312 e. The van der Waals surface area contributed by atoms with Crippen LogP contribution in [-0.4, -0.2) is 12.5 Å². The minimum atomic E-state index is -0.0103. The highest BCUT2D eigenvalue weighted by Crippen LogP contribution is 2.38. The molecule has 1 aliphatic heterocycles. The predicted octanol–water partition coefficient (Wildman–Crippen LogP) is 4.97. The van der Waals surface area contributed by atoms with Gasteiger partial charge in [-0.15, -0.1) is 0 Å². The second-order valence-electron chi connectivity index (χ2n) is 6.76. The minimum absolute atomic E-state index is 0.0103. The third-order valence-electron chi connectivity index (χ3n) is 4.95. The Balaban J connectivity index is 1.94. The average molecular weight is 307 g/mol. The van der Waals surface area contributed by atoms with Crippen molar-refractivity contribution in [3.8, 4) is 0 Å². The van der Waals surface area contributed by atoms with E-state index in [2.05, 4.69) is 57.2 Å². The summed E-state index contributed by atoms with van der Waals surface area (Å²) in [5.41, 5.74) is 3.47. The molecule has 2 unspecified atom stereocenters. The molecule has 2 nitrogen and oxygen atoms in total. The van der Waals surface area contributed by atoms with Gasteiger partial charge in [0.2, 0.25) is 5.91 Å². The van der Waals surface area contributed by atoms with Crippen molar-refractivity contribution in [2.75, 3.05) is 11.4 Å². The molecule has 2 aromatic rings. The van der Waals surface area contributed by atoms with Crippen molar-refractivity contribution < 1.29 is 4.79 Å². The fourth-order valence-electron chi connectivity index (χ4n) is 3.52. The highest BCUT2D eigenvalue weighted by atomic mass is 16.2. The molecule has 1 amide bonds.